The van der Waals surface area contributed by atoms with E-state index in [1.807, 2.05) is 0 Å². The molecule has 0 aliphatic carbocycles. The van der Waals surface area contributed by atoms with Gasteiger partial charge in [0.05, 0.1) is 18.8 Å². The molecule has 0 spiro atoms. The van der Waals surface area contributed by atoms with Crippen molar-refractivity contribution in [3.8, 4) is 0 Å². The van der Waals surface area contributed by atoms with Crippen LogP contribution < -0.4 is 5.73 Å². The predicted octanol–water partition coefficient (Wildman–Crippen LogP) is -0.907. The van der Waals surface area contributed by atoms with Crippen molar-refractivity contribution in [3.63, 3.8) is 0 Å². The molecule has 72 valence electrons. The maximum absolute atomic E-state index is 9.60. The summed E-state index contributed by atoms with van der Waals surface area (Å²) in [5, 5.41) is 18.3. The topological polar surface area (TPSA) is 75.7 Å². The molecule has 2 unspecified atom stereocenters. The molecule has 2 atom stereocenters. The van der Waals surface area contributed by atoms with Gasteiger partial charge in [-0.05, 0) is 18.8 Å². The summed E-state index contributed by atoms with van der Waals surface area (Å²) in [5.74, 6) is 0.195. The zero-order valence-electron chi connectivity index (χ0n) is 7.15. The number of aliphatic hydroxyl groups is 2. The van der Waals surface area contributed by atoms with Crippen molar-refractivity contribution in [2.45, 2.75) is 25.0 Å². The zero-order valence-corrected chi connectivity index (χ0v) is 7.15. The zero-order chi connectivity index (χ0) is 8.97. The Morgan fingerprint density at radius 1 is 1.42 bits per heavy atom. The molecule has 4 heteroatoms. The van der Waals surface area contributed by atoms with E-state index in [1.165, 1.54) is 0 Å². The van der Waals surface area contributed by atoms with Crippen LogP contribution in [0.1, 0.15) is 12.8 Å². The molecule has 0 aromatic rings. The summed E-state index contributed by atoms with van der Waals surface area (Å²) in [7, 11) is 0. The Hall–Kier alpha value is -0.160. The van der Waals surface area contributed by atoms with Gasteiger partial charge in [0.15, 0.2) is 0 Å². The van der Waals surface area contributed by atoms with Crippen LogP contribution in [0.15, 0.2) is 0 Å². The average Bonchev–Trinajstić information content (AvgIpc) is 2.17. The molecule has 1 aliphatic rings. The van der Waals surface area contributed by atoms with Crippen LogP contribution in [0.3, 0.4) is 0 Å². The molecule has 1 saturated heterocycles. The van der Waals surface area contributed by atoms with Crippen LogP contribution >= 0.6 is 0 Å². The summed E-state index contributed by atoms with van der Waals surface area (Å²) < 4.78 is 5.15. The van der Waals surface area contributed by atoms with Gasteiger partial charge in [-0.2, -0.15) is 0 Å². The average molecular weight is 175 g/mol. The van der Waals surface area contributed by atoms with Crippen LogP contribution in [0.2, 0.25) is 0 Å². The fourth-order valence-electron chi connectivity index (χ4n) is 1.51. The molecule has 1 heterocycles. The smallest absolute Gasteiger partial charge is 0.0743 e. The normalized spacial score (nSPS) is 25.2. The van der Waals surface area contributed by atoms with E-state index in [1.54, 1.807) is 0 Å². The first-order chi connectivity index (χ1) is 5.75. The minimum absolute atomic E-state index is 0.154. The lowest BCUT2D eigenvalue weighted by molar-refractivity contribution is -0.00966. The minimum atomic E-state index is -0.584. The van der Waals surface area contributed by atoms with Gasteiger partial charge in [-0.3, -0.25) is 0 Å². The van der Waals surface area contributed by atoms with E-state index in [4.69, 9.17) is 15.6 Å². The highest BCUT2D eigenvalue weighted by Crippen LogP contribution is 2.19. The van der Waals surface area contributed by atoms with Gasteiger partial charge in [-0.1, -0.05) is 0 Å². The van der Waals surface area contributed by atoms with Crippen LogP contribution in [-0.4, -0.2) is 42.2 Å². The lowest BCUT2D eigenvalue weighted by Crippen LogP contribution is -2.44. The van der Waals surface area contributed by atoms with E-state index in [0.29, 0.717) is 13.2 Å². The second-order valence-electron chi connectivity index (χ2n) is 3.29. The van der Waals surface area contributed by atoms with E-state index in [0.717, 1.165) is 12.8 Å². The van der Waals surface area contributed by atoms with Crippen LogP contribution in [-0.2, 0) is 4.74 Å². The maximum atomic E-state index is 9.60. The van der Waals surface area contributed by atoms with Crippen LogP contribution in [0.4, 0.5) is 0 Å². The van der Waals surface area contributed by atoms with Gasteiger partial charge in [-0.15, -0.1) is 0 Å². The Kier molecular flexibility index (Phi) is 3.94. The summed E-state index contributed by atoms with van der Waals surface area (Å²) >= 11 is 0. The summed E-state index contributed by atoms with van der Waals surface area (Å²) in [6.07, 6.45) is 1.10. The van der Waals surface area contributed by atoms with Crippen LogP contribution in [0.25, 0.3) is 0 Å². The van der Waals surface area contributed by atoms with Gasteiger partial charge in [0.1, 0.15) is 0 Å². The number of ether oxygens (including phenoxy) is 1. The molecule has 0 bridgehead atoms. The van der Waals surface area contributed by atoms with Gasteiger partial charge in [0.25, 0.3) is 0 Å². The van der Waals surface area contributed by atoms with Gasteiger partial charge in [-0.25, -0.2) is 0 Å². The molecule has 0 aromatic carbocycles. The lowest BCUT2D eigenvalue weighted by atomic mass is 9.90. The molecule has 12 heavy (non-hydrogen) atoms. The fourth-order valence-corrected chi connectivity index (χ4v) is 1.51. The molecular weight excluding hydrogens is 158 g/mol. The first-order valence-electron chi connectivity index (χ1n) is 4.38. The van der Waals surface area contributed by atoms with Crippen molar-refractivity contribution in [2.75, 3.05) is 19.8 Å². The van der Waals surface area contributed by atoms with Crippen molar-refractivity contribution >= 4 is 0 Å². The van der Waals surface area contributed by atoms with E-state index in [2.05, 4.69) is 0 Å². The molecule has 0 amide bonds. The number of rotatable bonds is 3. The molecule has 1 aliphatic heterocycles. The van der Waals surface area contributed by atoms with Gasteiger partial charge >= 0.3 is 0 Å². The quantitative estimate of drug-likeness (QED) is 0.519. The lowest BCUT2D eigenvalue weighted by Gasteiger charge is -2.29. The summed E-state index contributed by atoms with van der Waals surface area (Å²) in [5.41, 5.74) is 5.51. The molecule has 0 saturated carbocycles. The van der Waals surface area contributed by atoms with Crippen molar-refractivity contribution in [1.82, 2.24) is 0 Å². The van der Waals surface area contributed by atoms with Crippen molar-refractivity contribution in [3.05, 3.63) is 0 Å². The third-order valence-electron chi connectivity index (χ3n) is 2.40. The summed E-state index contributed by atoms with van der Waals surface area (Å²) in [6, 6.07) is -0.506. The SMILES string of the molecule is NC(CO)C(O)C1CCOCC1. The maximum Gasteiger partial charge on any atom is 0.0743 e. The highest BCUT2D eigenvalue weighted by molar-refractivity contribution is 4.79. The highest BCUT2D eigenvalue weighted by Gasteiger charge is 2.26. The third-order valence-corrected chi connectivity index (χ3v) is 2.40. The summed E-state index contributed by atoms with van der Waals surface area (Å²) in [4.78, 5) is 0. The molecule has 0 radical (unpaired) electrons. The Labute approximate surface area is 72.3 Å². The number of nitrogens with two attached hydrogens (primary N) is 1. The summed E-state index contributed by atoms with van der Waals surface area (Å²) in [6.45, 7) is 1.23. The van der Waals surface area contributed by atoms with Crippen molar-refractivity contribution in [2.24, 2.45) is 11.7 Å². The van der Waals surface area contributed by atoms with Crippen molar-refractivity contribution < 1.29 is 14.9 Å². The Morgan fingerprint density at radius 3 is 2.50 bits per heavy atom. The molecular formula is C8H17NO3. The standard InChI is InChI=1S/C8H17NO3/c9-7(5-10)8(11)6-1-3-12-4-2-6/h6-8,10-11H,1-5,9H2. The Morgan fingerprint density at radius 2 is 2.00 bits per heavy atom. The fraction of sp³-hybridized carbons (Fsp3) is 1.00. The number of hydrogen-bond acceptors (Lipinski definition) is 4. The monoisotopic (exact) mass is 175 g/mol. The number of hydrogen-bond donors (Lipinski definition) is 3. The Balaban J connectivity index is 2.33. The van der Waals surface area contributed by atoms with E-state index < -0.39 is 12.1 Å². The van der Waals surface area contributed by atoms with E-state index >= 15 is 0 Å². The van der Waals surface area contributed by atoms with Crippen LogP contribution in [0.5, 0.6) is 0 Å². The first-order valence-corrected chi connectivity index (χ1v) is 4.38. The molecule has 1 fully saturated rings. The van der Waals surface area contributed by atoms with E-state index in [-0.39, 0.29) is 12.5 Å². The Bertz CT molecular complexity index is 125. The third kappa shape index (κ3) is 2.42. The van der Waals surface area contributed by atoms with Crippen molar-refractivity contribution in [1.29, 1.82) is 0 Å². The van der Waals surface area contributed by atoms with Gasteiger partial charge < -0.3 is 20.7 Å². The number of aliphatic hydroxyl groups excluding tert-OH is 2. The second-order valence-corrected chi connectivity index (χ2v) is 3.29. The molecule has 4 nitrogen and oxygen atoms in total. The first kappa shape index (κ1) is 9.92. The van der Waals surface area contributed by atoms with Gasteiger partial charge in [0.2, 0.25) is 0 Å². The molecule has 4 N–H and O–H groups in total. The largest absolute Gasteiger partial charge is 0.395 e. The van der Waals surface area contributed by atoms with Gasteiger partial charge in [0, 0.05) is 13.2 Å². The van der Waals surface area contributed by atoms with E-state index in [9.17, 15) is 5.11 Å². The highest BCUT2D eigenvalue weighted by atomic mass is 16.5. The minimum Gasteiger partial charge on any atom is -0.395 e. The molecule has 1 rings (SSSR count). The second kappa shape index (κ2) is 4.77. The predicted molar refractivity (Wildman–Crippen MR) is 44.6 cm³/mol. The molecule has 0 aromatic heterocycles. The van der Waals surface area contributed by atoms with Crippen LogP contribution in [0, 0.1) is 5.92 Å².